The van der Waals surface area contributed by atoms with Crippen LogP contribution in [0.1, 0.15) is 45.2 Å². The standard InChI is InChI=1S/C53H42N2O/c1-52(2)33-53(3,4)46-32-50-44(31-45(46)52)51-41(19-13-21-49(51)56-50)35-23-22-34-24-25-39(29-36(34)28-35)54(37-14-7-5-8-15-37)40-26-27-43-42-18-11-12-20-47(42)55(48(43)30-40)38-16-9-6-10-17-38/h5-32H,33H2,1-4H3. The number of hydrogen-bond donors (Lipinski definition) is 0. The number of furan rings is 1. The van der Waals surface area contributed by atoms with Gasteiger partial charge in [0, 0.05) is 44.3 Å². The molecule has 270 valence electrons. The summed E-state index contributed by atoms with van der Waals surface area (Å²) in [5.41, 5.74) is 14.2. The van der Waals surface area contributed by atoms with E-state index in [0.717, 1.165) is 40.3 Å². The molecule has 11 rings (SSSR count). The largest absolute Gasteiger partial charge is 0.456 e. The summed E-state index contributed by atoms with van der Waals surface area (Å²) in [6.45, 7) is 9.50. The number of aromatic nitrogens is 1. The van der Waals surface area contributed by atoms with Crippen molar-refractivity contribution >= 4 is 71.6 Å². The molecule has 0 aliphatic heterocycles. The van der Waals surface area contributed by atoms with Crippen molar-refractivity contribution in [1.82, 2.24) is 4.57 Å². The van der Waals surface area contributed by atoms with Gasteiger partial charge in [-0.25, -0.2) is 0 Å². The van der Waals surface area contributed by atoms with E-state index in [0.29, 0.717) is 0 Å². The number of fused-ring (bicyclic) bond motifs is 8. The van der Waals surface area contributed by atoms with E-state index >= 15 is 0 Å². The van der Waals surface area contributed by atoms with Crippen LogP contribution < -0.4 is 4.90 Å². The van der Waals surface area contributed by atoms with Crippen LogP contribution >= 0.6 is 0 Å². The minimum Gasteiger partial charge on any atom is -0.456 e. The number of anilines is 3. The molecule has 0 saturated heterocycles. The van der Waals surface area contributed by atoms with Gasteiger partial charge in [-0.05, 0) is 129 Å². The normalized spacial score (nSPS) is 14.6. The van der Waals surface area contributed by atoms with Gasteiger partial charge in [0.2, 0.25) is 0 Å². The molecule has 0 bridgehead atoms. The number of benzene rings is 8. The first-order valence-corrected chi connectivity index (χ1v) is 19.7. The first-order valence-electron chi connectivity index (χ1n) is 19.7. The average molecular weight is 723 g/mol. The lowest BCUT2D eigenvalue weighted by molar-refractivity contribution is 0.403. The molecule has 0 radical (unpaired) electrons. The maximum absolute atomic E-state index is 6.62. The third kappa shape index (κ3) is 4.97. The highest BCUT2D eigenvalue weighted by Crippen LogP contribution is 2.52. The van der Waals surface area contributed by atoms with Crippen LogP contribution in [0.25, 0.3) is 71.3 Å². The zero-order valence-corrected chi connectivity index (χ0v) is 32.2. The number of para-hydroxylation sites is 3. The van der Waals surface area contributed by atoms with Crippen LogP contribution in [-0.2, 0) is 10.8 Å². The van der Waals surface area contributed by atoms with Gasteiger partial charge < -0.3 is 13.9 Å². The highest BCUT2D eigenvalue weighted by Gasteiger charge is 2.42. The first-order chi connectivity index (χ1) is 27.2. The van der Waals surface area contributed by atoms with Crippen molar-refractivity contribution in [3.05, 3.63) is 181 Å². The summed E-state index contributed by atoms with van der Waals surface area (Å²) in [4.78, 5) is 2.38. The molecule has 3 heteroatoms. The molecular formula is C53H42N2O. The molecule has 1 aliphatic carbocycles. The second kappa shape index (κ2) is 12.0. The van der Waals surface area contributed by atoms with Crippen LogP contribution in [0, 0.1) is 0 Å². The quantitative estimate of drug-likeness (QED) is 0.176. The lowest BCUT2D eigenvalue weighted by Gasteiger charge is -2.26. The molecule has 0 fully saturated rings. The van der Waals surface area contributed by atoms with Crippen molar-refractivity contribution in [3.8, 4) is 16.8 Å². The molecule has 8 aromatic carbocycles. The van der Waals surface area contributed by atoms with Crippen LogP contribution in [0.4, 0.5) is 17.1 Å². The maximum Gasteiger partial charge on any atom is 0.136 e. The summed E-state index contributed by atoms with van der Waals surface area (Å²) in [5.74, 6) is 0. The van der Waals surface area contributed by atoms with Crippen LogP contribution in [0.2, 0.25) is 0 Å². The molecule has 0 amide bonds. The Morgan fingerprint density at radius 1 is 0.482 bits per heavy atom. The fraction of sp³-hybridized carbons (Fsp3) is 0.132. The maximum atomic E-state index is 6.62. The summed E-state index contributed by atoms with van der Waals surface area (Å²) in [6.07, 6.45) is 1.13. The van der Waals surface area contributed by atoms with Crippen molar-refractivity contribution in [2.24, 2.45) is 0 Å². The fourth-order valence-electron chi connectivity index (χ4n) is 10.0. The van der Waals surface area contributed by atoms with E-state index in [1.54, 1.807) is 0 Å². The Kier molecular flexibility index (Phi) is 7.01. The van der Waals surface area contributed by atoms with E-state index in [4.69, 9.17) is 4.42 Å². The third-order valence-electron chi connectivity index (χ3n) is 12.3. The molecule has 0 atom stereocenters. The lowest BCUT2D eigenvalue weighted by atomic mass is 9.82. The van der Waals surface area contributed by atoms with Crippen molar-refractivity contribution < 1.29 is 4.42 Å². The zero-order chi connectivity index (χ0) is 37.8. The summed E-state index contributed by atoms with van der Waals surface area (Å²) in [7, 11) is 0. The van der Waals surface area contributed by atoms with Gasteiger partial charge in [-0.2, -0.15) is 0 Å². The molecule has 0 saturated carbocycles. The fourth-order valence-corrected chi connectivity index (χ4v) is 10.0. The summed E-state index contributed by atoms with van der Waals surface area (Å²) in [6, 6.07) is 62.0. The number of nitrogens with zero attached hydrogens (tertiary/aromatic N) is 2. The smallest absolute Gasteiger partial charge is 0.136 e. The number of hydrogen-bond acceptors (Lipinski definition) is 2. The Morgan fingerprint density at radius 3 is 1.98 bits per heavy atom. The van der Waals surface area contributed by atoms with Gasteiger partial charge in [-0.3, -0.25) is 0 Å². The zero-order valence-electron chi connectivity index (χ0n) is 32.2. The van der Waals surface area contributed by atoms with Gasteiger partial charge in [0.05, 0.1) is 11.0 Å². The van der Waals surface area contributed by atoms with Crippen LogP contribution in [0.5, 0.6) is 0 Å². The number of rotatable bonds is 5. The average Bonchev–Trinajstić information content (AvgIpc) is 3.81. The minimum absolute atomic E-state index is 0.109. The van der Waals surface area contributed by atoms with Crippen molar-refractivity contribution in [3.63, 3.8) is 0 Å². The summed E-state index contributed by atoms with van der Waals surface area (Å²) in [5, 5.41) is 7.27. The van der Waals surface area contributed by atoms with Crippen molar-refractivity contribution in [2.75, 3.05) is 4.90 Å². The molecule has 10 aromatic rings. The van der Waals surface area contributed by atoms with E-state index in [1.165, 1.54) is 65.6 Å². The lowest BCUT2D eigenvalue weighted by Crippen LogP contribution is -2.17. The predicted octanol–water partition coefficient (Wildman–Crippen LogP) is 14.9. The van der Waals surface area contributed by atoms with Crippen molar-refractivity contribution in [1.29, 1.82) is 0 Å². The third-order valence-corrected chi connectivity index (χ3v) is 12.3. The molecule has 0 N–H and O–H groups in total. The van der Waals surface area contributed by atoms with Crippen molar-refractivity contribution in [2.45, 2.75) is 44.9 Å². The monoisotopic (exact) mass is 722 g/mol. The molecular weight excluding hydrogens is 681 g/mol. The van der Waals surface area contributed by atoms with E-state index in [1.807, 2.05) is 0 Å². The Hall–Kier alpha value is -6.58. The Morgan fingerprint density at radius 2 is 1.16 bits per heavy atom. The molecule has 0 spiro atoms. The van der Waals surface area contributed by atoms with Gasteiger partial charge in [0.15, 0.2) is 0 Å². The van der Waals surface area contributed by atoms with Gasteiger partial charge in [-0.1, -0.05) is 119 Å². The first kappa shape index (κ1) is 32.8. The Balaban J connectivity index is 1.08. The molecule has 2 aromatic heterocycles. The van der Waals surface area contributed by atoms with E-state index < -0.39 is 0 Å². The van der Waals surface area contributed by atoms with E-state index in [-0.39, 0.29) is 10.8 Å². The van der Waals surface area contributed by atoms with Crippen LogP contribution in [0.15, 0.2) is 174 Å². The Labute approximate surface area is 327 Å². The second-order valence-electron chi connectivity index (χ2n) is 16.9. The molecule has 1 aliphatic rings. The van der Waals surface area contributed by atoms with E-state index in [9.17, 15) is 0 Å². The molecule has 2 heterocycles. The highest BCUT2D eigenvalue weighted by atomic mass is 16.3. The Bertz CT molecular complexity index is 3160. The van der Waals surface area contributed by atoms with Gasteiger partial charge in [0.1, 0.15) is 11.2 Å². The highest BCUT2D eigenvalue weighted by molar-refractivity contribution is 6.14. The topological polar surface area (TPSA) is 21.3 Å². The minimum atomic E-state index is 0.109. The summed E-state index contributed by atoms with van der Waals surface area (Å²) >= 11 is 0. The SMILES string of the molecule is CC1(C)CC(C)(C)c2cc3c(cc21)oc1cccc(-c2ccc4ccc(N(c5ccccc5)c5ccc6c7ccccc7n(-c7ccccc7)c6c5)cc4c2)c13. The molecule has 0 unspecified atom stereocenters. The van der Waals surface area contributed by atoms with Crippen LogP contribution in [-0.4, -0.2) is 4.57 Å². The van der Waals surface area contributed by atoms with Gasteiger partial charge >= 0.3 is 0 Å². The molecule has 3 nitrogen and oxygen atoms in total. The summed E-state index contributed by atoms with van der Waals surface area (Å²) < 4.78 is 9.00. The van der Waals surface area contributed by atoms with Crippen LogP contribution in [0.3, 0.4) is 0 Å². The van der Waals surface area contributed by atoms with Gasteiger partial charge in [-0.15, -0.1) is 0 Å². The predicted molar refractivity (Wildman–Crippen MR) is 236 cm³/mol. The van der Waals surface area contributed by atoms with Gasteiger partial charge in [0.25, 0.3) is 0 Å². The molecule has 56 heavy (non-hydrogen) atoms. The second-order valence-corrected chi connectivity index (χ2v) is 16.9. The van der Waals surface area contributed by atoms with E-state index in [2.05, 4.69) is 207 Å².